The molecule has 1 aromatic rings. The van der Waals surface area contributed by atoms with E-state index in [1.165, 1.54) is 29.4 Å². The van der Waals surface area contributed by atoms with Crippen LogP contribution in [0.1, 0.15) is 12.8 Å². The van der Waals surface area contributed by atoms with Crippen LogP contribution in [-0.2, 0) is 14.3 Å². The van der Waals surface area contributed by atoms with E-state index < -0.39 is 5.91 Å². The van der Waals surface area contributed by atoms with E-state index in [-0.39, 0.29) is 17.6 Å². The molecule has 1 aromatic heterocycles. The predicted molar refractivity (Wildman–Crippen MR) is 78.2 cm³/mol. The normalized spacial score (nSPS) is 19.5. The number of pyridine rings is 1. The highest BCUT2D eigenvalue weighted by Gasteiger charge is 2.34. The van der Waals surface area contributed by atoms with E-state index >= 15 is 0 Å². The van der Waals surface area contributed by atoms with Gasteiger partial charge in [-0.1, -0.05) is 11.6 Å². The first-order chi connectivity index (χ1) is 10.6. The zero-order chi connectivity index (χ0) is 15.5. The maximum absolute atomic E-state index is 12.3. The number of amides is 2. The van der Waals surface area contributed by atoms with Crippen LogP contribution in [-0.4, -0.2) is 41.5 Å². The second kappa shape index (κ2) is 6.46. The summed E-state index contributed by atoms with van der Waals surface area (Å²) in [6, 6.07) is 1.54. The van der Waals surface area contributed by atoms with E-state index in [1.807, 2.05) is 0 Å². The molecule has 0 unspecified atom stereocenters. The third-order valence-corrected chi connectivity index (χ3v) is 3.87. The Kier molecular flexibility index (Phi) is 4.40. The van der Waals surface area contributed by atoms with Crippen LogP contribution in [0.2, 0.25) is 5.02 Å². The fourth-order valence-corrected chi connectivity index (χ4v) is 2.66. The van der Waals surface area contributed by atoms with Crippen molar-refractivity contribution in [1.82, 2.24) is 9.88 Å². The highest BCUT2D eigenvalue weighted by atomic mass is 35.5. The highest BCUT2D eigenvalue weighted by Crippen LogP contribution is 2.24. The molecule has 116 valence electrons. The molecule has 2 amide bonds. The summed E-state index contributed by atoms with van der Waals surface area (Å²) in [6.45, 7) is 1.75. The summed E-state index contributed by atoms with van der Waals surface area (Å²) in [6.07, 6.45) is 5.81. The van der Waals surface area contributed by atoms with E-state index in [9.17, 15) is 9.59 Å². The molecular weight excluding hydrogens is 308 g/mol. The second-order valence-corrected chi connectivity index (χ2v) is 5.70. The van der Waals surface area contributed by atoms with E-state index in [0.717, 1.165) is 12.8 Å². The lowest BCUT2D eigenvalue weighted by Gasteiger charge is -2.25. The van der Waals surface area contributed by atoms with Crippen molar-refractivity contribution in [3.63, 3.8) is 0 Å². The van der Waals surface area contributed by atoms with Crippen LogP contribution in [0.3, 0.4) is 0 Å². The van der Waals surface area contributed by atoms with Crippen molar-refractivity contribution in [2.45, 2.75) is 12.8 Å². The Bertz CT molecular complexity index is 626. The summed E-state index contributed by atoms with van der Waals surface area (Å²) in [7, 11) is 0. The Morgan fingerprint density at radius 2 is 2.09 bits per heavy atom. The van der Waals surface area contributed by atoms with Gasteiger partial charge in [0.25, 0.3) is 11.8 Å². The molecule has 0 aliphatic carbocycles. The first-order valence-corrected chi connectivity index (χ1v) is 7.45. The number of nitrogens with zero attached hydrogens (tertiary/aromatic N) is 2. The number of halogens is 1. The van der Waals surface area contributed by atoms with E-state index in [0.29, 0.717) is 30.5 Å². The molecule has 6 nitrogen and oxygen atoms in total. The minimum Gasteiger partial charge on any atom is -0.450 e. The lowest BCUT2D eigenvalue weighted by Crippen LogP contribution is -2.37. The molecule has 3 heterocycles. The Balaban J connectivity index is 1.66. The van der Waals surface area contributed by atoms with Gasteiger partial charge in [0.05, 0.1) is 17.3 Å². The van der Waals surface area contributed by atoms with Crippen molar-refractivity contribution in [3.05, 3.63) is 35.3 Å². The van der Waals surface area contributed by atoms with Gasteiger partial charge in [-0.2, -0.15) is 0 Å². The van der Waals surface area contributed by atoms with Crippen LogP contribution in [0.5, 0.6) is 5.75 Å². The summed E-state index contributed by atoms with van der Waals surface area (Å²) in [4.78, 5) is 29.4. The molecule has 0 bridgehead atoms. The summed E-state index contributed by atoms with van der Waals surface area (Å²) < 4.78 is 10.7. The predicted octanol–water partition coefficient (Wildman–Crippen LogP) is 1.79. The number of hydrogen-bond donors (Lipinski definition) is 0. The first-order valence-electron chi connectivity index (χ1n) is 7.07. The molecule has 0 atom stereocenters. The topological polar surface area (TPSA) is 68.7 Å². The summed E-state index contributed by atoms with van der Waals surface area (Å²) in [5.74, 6) is -0.158. The van der Waals surface area contributed by atoms with Crippen molar-refractivity contribution in [1.29, 1.82) is 0 Å². The molecule has 3 rings (SSSR count). The van der Waals surface area contributed by atoms with Gasteiger partial charge in [0, 0.05) is 32.0 Å². The molecule has 2 aliphatic rings. The van der Waals surface area contributed by atoms with Gasteiger partial charge < -0.3 is 9.47 Å². The maximum atomic E-state index is 12.3. The van der Waals surface area contributed by atoms with Crippen molar-refractivity contribution in [2.24, 2.45) is 5.92 Å². The van der Waals surface area contributed by atoms with E-state index in [1.54, 1.807) is 0 Å². The molecule has 1 fully saturated rings. The molecule has 2 aliphatic heterocycles. The first kappa shape index (κ1) is 15.0. The quantitative estimate of drug-likeness (QED) is 0.791. The molecular formula is C15H15ClN2O4. The smallest absolute Gasteiger partial charge is 0.296 e. The molecule has 0 radical (unpaired) electrons. The molecule has 0 N–H and O–H groups in total. The number of carbonyl (C=O) groups is 2. The minimum atomic E-state index is -0.420. The van der Waals surface area contributed by atoms with Gasteiger partial charge in [0.15, 0.2) is 5.76 Å². The zero-order valence-electron chi connectivity index (χ0n) is 11.8. The monoisotopic (exact) mass is 322 g/mol. The summed E-state index contributed by atoms with van der Waals surface area (Å²) in [5.41, 5.74) is 0. The second-order valence-electron chi connectivity index (χ2n) is 5.26. The van der Waals surface area contributed by atoms with E-state index in [2.05, 4.69) is 4.98 Å². The van der Waals surface area contributed by atoms with Crippen LogP contribution in [0.15, 0.2) is 30.3 Å². The van der Waals surface area contributed by atoms with Crippen LogP contribution < -0.4 is 4.74 Å². The summed E-state index contributed by atoms with van der Waals surface area (Å²) in [5, 5.41) is 0.397. The zero-order valence-corrected chi connectivity index (χ0v) is 12.6. The largest absolute Gasteiger partial charge is 0.450 e. The number of ether oxygens (including phenoxy) is 2. The number of carbonyl (C=O) groups excluding carboxylic acids is 2. The van der Waals surface area contributed by atoms with Gasteiger partial charge in [0.1, 0.15) is 5.75 Å². The van der Waals surface area contributed by atoms with Crippen molar-refractivity contribution in [3.8, 4) is 5.75 Å². The van der Waals surface area contributed by atoms with Crippen molar-refractivity contribution in [2.75, 3.05) is 19.8 Å². The number of rotatable bonds is 4. The highest BCUT2D eigenvalue weighted by molar-refractivity contribution is 6.30. The molecule has 7 heteroatoms. The number of hydrogen-bond acceptors (Lipinski definition) is 5. The molecule has 1 saturated heterocycles. The maximum Gasteiger partial charge on any atom is 0.296 e. The molecule has 0 aromatic carbocycles. The van der Waals surface area contributed by atoms with Crippen LogP contribution in [0, 0.1) is 5.92 Å². The lowest BCUT2D eigenvalue weighted by molar-refractivity contribution is -0.139. The SMILES string of the molecule is O=C1C=C(Oc2cncc(Cl)c2)C(=O)N1CC1CCOCC1. The van der Waals surface area contributed by atoms with Gasteiger partial charge in [-0.05, 0) is 18.8 Å². The van der Waals surface area contributed by atoms with Gasteiger partial charge in [-0.3, -0.25) is 19.5 Å². The third-order valence-electron chi connectivity index (χ3n) is 3.67. The van der Waals surface area contributed by atoms with Crippen molar-refractivity contribution >= 4 is 23.4 Å². The summed E-state index contributed by atoms with van der Waals surface area (Å²) >= 11 is 5.82. The van der Waals surface area contributed by atoms with Crippen LogP contribution in [0.4, 0.5) is 0 Å². The Morgan fingerprint density at radius 3 is 2.82 bits per heavy atom. The fraction of sp³-hybridized carbons (Fsp3) is 0.400. The van der Waals surface area contributed by atoms with Gasteiger partial charge >= 0.3 is 0 Å². The Labute approximate surface area is 132 Å². The third kappa shape index (κ3) is 3.28. The number of imide groups is 1. The fourth-order valence-electron chi connectivity index (χ4n) is 2.49. The Hall–Kier alpha value is -1.92. The minimum absolute atomic E-state index is 0.00104. The lowest BCUT2D eigenvalue weighted by atomic mass is 10.00. The van der Waals surface area contributed by atoms with E-state index in [4.69, 9.17) is 21.1 Å². The van der Waals surface area contributed by atoms with Gasteiger partial charge in [-0.25, -0.2) is 0 Å². The Morgan fingerprint density at radius 1 is 1.32 bits per heavy atom. The van der Waals surface area contributed by atoms with Crippen LogP contribution >= 0.6 is 11.6 Å². The standard InChI is InChI=1S/C15H15ClN2O4/c16-11-5-12(8-17-7-11)22-13-6-14(19)18(15(13)20)9-10-1-3-21-4-2-10/h5-8,10H,1-4,9H2. The van der Waals surface area contributed by atoms with Gasteiger partial charge in [0.2, 0.25) is 0 Å². The molecule has 0 saturated carbocycles. The number of aromatic nitrogens is 1. The molecule has 0 spiro atoms. The van der Waals surface area contributed by atoms with Crippen LogP contribution in [0.25, 0.3) is 0 Å². The molecule has 22 heavy (non-hydrogen) atoms. The van der Waals surface area contributed by atoms with Gasteiger partial charge in [-0.15, -0.1) is 0 Å². The average Bonchev–Trinajstić information content (AvgIpc) is 2.76. The average molecular weight is 323 g/mol. The van der Waals surface area contributed by atoms with Crippen molar-refractivity contribution < 1.29 is 19.1 Å².